The molecule has 1 atom stereocenters. The van der Waals surface area contributed by atoms with Crippen molar-refractivity contribution in [2.24, 2.45) is 5.92 Å². The number of alkyl halides is 3. The first kappa shape index (κ1) is 23.1. The van der Waals surface area contributed by atoms with Crippen molar-refractivity contribution >= 4 is 23.7 Å². The highest BCUT2D eigenvalue weighted by atomic mass is 19.4. The molecule has 2 aromatic heterocycles. The second-order valence-corrected chi connectivity index (χ2v) is 7.48. The minimum Gasteiger partial charge on any atom is -0.372 e. The Bertz CT molecular complexity index is 1020. The van der Waals surface area contributed by atoms with Crippen molar-refractivity contribution in [3.8, 4) is 17.3 Å². The van der Waals surface area contributed by atoms with E-state index in [-0.39, 0.29) is 29.8 Å². The molecule has 1 fully saturated rings. The number of hydrogen-bond acceptors (Lipinski definition) is 8. The van der Waals surface area contributed by atoms with Crippen LogP contribution in [0.1, 0.15) is 18.5 Å². The van der Waals surface area contributed by atoms with Gasteiger partial charge in [0, 0.05) is 24.2 Å². The molecule has 1 aliphatic carbocycles. The lowest BCUT2D eigenvalue weighted by Crippen LogP contribution is -2.40. The lowest BCUT2D eigenvalue weighted by Gasteiger charge is -2.23. The smallest absolute Gasteiger partial charge is 0.372 e. The average Bonchev–Trinajstić information content (AvgIpc) is 3.58. The second-order valence-electron chi connectivity index (χ2n) is 7.48. The van der Waals surface area contributed by atoms with Gasteiger partial charge in [-0.3, -0.25) is 14.7 Å². The van der Waals surface area contributed by atoms with E-state index in [0.717, 1.165) is 17.7 Å². The van der Waals surface area contributed by atoms with Gasteiger partial charge in [-0.15, -0.1) is 0 Å². The number of nitrogens with one attached hydrogen (secondary N) is 2. The van der Waals surface area contributed by atoms with Crippen LogP contribution in [0.4, 0.5) is 24.7 Å². The van der Waals surface area contributed by atoms with E-state index in [9.17, 15) is 28.0 Å². The fraction of sp³-hybridized carbons (Fsp3) is 0.400. The number of carbonyl (C=O) groups excluding carboxylic acids is 2. The fourth-order valence-electron chi connectivity index (χ4n) is 2.95. The number of hydrogen-bond donors (Lipinski definition) is 2. The van der Waals surface area contributed by atoms with E-state index in [2.05, 4.69) is 25.6 Å². The van der Waals surface area contributed by atoms with Crippen LogP contribution in [0.15, 0.2) is 24.7 Å². The molecule has 0 saturated heterocycles. The van der Waals surface area contributed by atoms with E-state index in [1.165, 1.54) is 31.7 Å². The Labute approximate surface area is 181 Å². The molecule has 0 bridgehead atoms. The Morgan fingerprint density at radius 2 is 2.06 bits per heavy atom. The van der Waals surface area contributed by atoms with Crippen LogP contribution in [-0.4, -0.2) is 64.4 Å². The molecule has 168 valence electrons. The van der Waals surface area contributed by atoms with Gasteiger partial charge in [0.2, 0.25) is 5.91 Å². The predicted molar refractivity (Wildman–Crippen MR) is 108 cm³/mol. The van der Waals surface area contributed by atoms with Gasteiger partial charge >= 0.3 is 6.18 Å². The zero-order chi connectivity index (χ0) is 23.3. The molecule has 1 saturated carbocycles. The number of amides is 1. The third-order valence-corrected chi connectivity index (χ3v) is 4.60. The number of rotatable bonds is 9. The van der Waals surface area contributed by atoms with E-state index in [1.807, 2.05) is 6.07 Å². The van der Waals surface area contributed by atoms with Crippen LogP contribution in [0, 0.1) is 17.2 Å². The van der Waals surface area contributed by atoms with Gasteiger partial charge in [0.25, 0.3) is 0 Å². The quantitative estimate of drug-likeness (QED) is 0.561. The topological polar surface area (TPSA) is 124 Å². The molecule has 0 aliphatic heterocycles. The molecular formula is C20H20F3N7O2. The molecule has 32 heavy (non-hydrogen) atoms. The Balaban J connectivity index is 1.73. The van der Waals surface area contributed by atoms with Gasteiger partial charge < -0.3 is 15.4 Å². The van der Waals surface area contributed by atoms with Crippen molar-refractivity contribution in [3.05, 3.63) is 30.4 Å². The Hall–Kier alpha value is -3.59. The van der Waals surface area contributed by atoms with Crippen LogP contribution in [0.25, 0.3) is 11.3 Å². The maximum absolute atomic E-state index is 12.5. The summed E-state index contributed by atoms with van der Waals surface area (Å²) >= 11 is 0. The summed E-state index contributed by atoms with van der Waals surface area (Å²) in [5.41, 5.74) is 1.01. The van der Waals surface area contributed by atoms with Gasteiger partial charge in [-0.05, 0) is 26.0 Å². The highest BCUT2D eigenvalue weighted by Crippen LogP contribution is 2.30. The molecule has 0 spiro atoms. The van der Waals surface area contributed by atoms with Crippen LogP contribution < -0.4 is 10.6 Å². The lowest BCUT2D eigenvalue weighted by atomic mass is 10.1. The maximum Gasteiger partial charge on any atom is 0.401 e. The number of likely N-dealkylation sites (N-methyl/N-ethyl adjacent to an activating group) is 1. The summed E-state index contributed by atoms with van der Waals surface area (Å²) in [6, 6.07) is 2.39. The Kier molecular flexibility index (Phi) is 6.99. The normalized spacial score (nSPS) is 14.5. The van der Waals surface area contributed by atoms with E-state index in [0.29, 0.717) is 23.4 Å². The van der Waals surface area contributed by atoms with Crippen molar-refractivity contribution in [1.29, 1.82) is 5.26 Å². The van der Waals surface area contributed by atoms with Crippen molar-refractivity contribution in [3.63, 3.8) is 0 Å². The van der Waals surface area contributed by atoms with E-state index < -0.39 is 18.8 Å². The van der Waals surface area contributed by atoms with E-state index in [1.54, 1.807) is 0 Å². The van der Waals surface area contributed by atoms with Gasteiger partial charge in [-0.2, -0.15) is 18.4 Å². The lowest BCUT2D eigenvalue weighted by molar-refractivity contribution is -0.143. The molecule has 12 heteroatoms. The Morgan fingerprint density at radius 1 is 1.31 bits per heavy atom. The first-order chi connectivity index (χ1) is 15.2. The summed E-state index contributed by atoms with van der Waals surface area (Å²) in [5.74, 6) is 0.224. The molecule has 3 rings (SSSR count). The van der Waals surface area contributed by atoms with Gasteiger partial charge in [0.1, 0.15) is 12.4 Å². The minimum absolute atomic E-state index is 0.0220. The fourth-order valence-corrected chi connectivity index (χ4v) is 2.95. The zero-order valence-electron chi connectivity index (χ0n) is 17.1. The molecule has 2 aromatic rings. The maximum atomic E-state index is 12.5. The van der Waals surface area contributed by atoms with Crippen LogP contribution in [0.3, 0.4) is 0 Å². The SMILES string of the molecule is CN(C[C@@H](C=O)Nc1cc(-c2cnc(NC(=O)C3CC3)cn2)cnc1C#N)CC(F)(F)F. The molecule has 0 radical (unpaired) electrons. The van der Waals surface area contributed by atoms with Gasteiger partial charge in [0.15, 0.2) is 11.5 Å². The van der Waals surface area contributed by atoms with Crippen LogP contribution >= 0.6 is 0 Å². The third-order valence-electron chi connectivity index (χ3n) is 4.60. The standard InChI is InChI=1S/C20H20F3N7O2/c1-30(11-20(21,22)23)9-14(10-31)28-15-4-13(6-25-16(15)5-24)17-7-27-18(8-26-17)29-19(32)12-2-3-12/h4,6-8,10,12,14,28H,2-3,9,11H2,1H3,(H,27,29,32)/t14-/m0/s1. The van der Waals surface area contributed by atoms with Gasteiger partial charge in [-0.1, -0.05) is 0 Å². The first-order valence-corrected chi connectivity index (χ1v) is 9.69. The largest absolute Gasteiger partial charge is 0.401 e. The summed E-state index contributed by atoms with van der Waals surface area (Å²) in [6.07, 6.45) is 1.99. The van der Waals surface area contributed by atoms with Crippen LogP contribution in [0.2, 0.25) is 0 Å². The molecule has 2 N–H and O–H groups in total. The molecule has 2 heterocycles. The summed E-state index contributed by atoms with van der Waals surface area (Å²) < 4.78 is 37.6. The van der Waals surface area contributed by atoms with Crippen molar-refractivity contribution < 1.29 is 22.8 Å². The summed E-state index contributed by atoms with van der Waals surface area (Å²) in [4.78, 5) is 36.6. The van der Waals surface area contributed by atoms with E-state index >= 15 is 0 Å². The molecule has 1 amide bonds. The molecule has 9 nitrogen and oxygen atoms in total. The van der Waals surface area contributed by atoms with Crippen LogP contribution in [0.5, 0.6) is 0 Å². The average molecular weight is 447 g/mol. The molecule has 1 aliphatic rings. The van der Waals surface area contributed by atoms with Crippen LogP contribution in [-0.2, 0) is 9.59 Å². The van der Waals surface area contributed by atoms with Crippen molar-refractivity contribution in [2.45, 2.75) is 25.1 Å². The van der Waals surface area contributed by atoms with Gasteiger partial charge in [0.05, 0.1) is 36.4 Å². The number of carbonyl (C=O) groups is 2. The molecule has 0 aromatic carbocycles. The number of anilines is 2. The third kappa shape index (κ3) is 6.45. The first-order valence-electron chi connectivity index (χ1n) is 9.69. The highest BCUT2D eigenvalue weighted by molar-refractivity contribution is 5.93. The number of aromatic nitrogens is 3. The monoisotopic (exact) mass is 447 g/mol. The number of aldehydes is 1. The number of pyridine rings is 1. The number of halogens is 3. The van der Waals surface area contributed by atoms with E-state index in [4.69, 9.17) is 0 Å². The number of nitriles is 1. The Morgan fingerprint density at radius 3 is 2.62 bits per heavy atom. The summed E-state index contributed by atoms with van der Waals surface area (Å²) in [6.45, 7) is -1.41. The number of nitrogens with zero attached hydrogens (tertiary/aromatic N) is 5. The minimum atomic E-state index is -4.40. The zero-order valence-corrected chi connectivity index (χ0v) is 17.1. The van der Waals surface area contributed by atoms with Gasteiger partial charge in [-0.25, -0.2) is 9.97 Å². The highest BCUT2D eigenvalue weighted by Gasteiger charge is 2.30. The predicted octanol–water partition coefficient (Wildman–Crippen LogP) is 2.23. The summed E-state index contributed by atoms with van der Waals surface area (Å²) in [5, 5.41) is 14.7. The molecule has 0 unspecified atom stereocenters. The summed E-state index contributed by atoms with van der Waals surface area (Å²) in [7, 11) is 1.24. The molecular weight excluding hydrogens is 427 g/mol. The van der Waals surface area contributed by atoms with Crippen molar-refractivity contribution in [2.75, 3.05) is 30.8 Å². The van der Waals surface area contributed by atoms with Crippen molar-refractivity contribution in [1.82, 2.24) is 19.9 Å². The second kappa shape index (κ2) is 9.69.